The number of carbonyl (C=O) groups excluding carboxylic acids is 3. The molecular formula is C27H22FN5O5S. The standard InChI is InChI=1S/C27H22FN5O5S/c28-18-5-1-17(2-6-18)26(36)33(20-9-10-22-23(11-20)38-15-37-22)13-25(35)30-19-7-3-16(4-8-19)21-14-39-27(31-21)32-24(34)12-29/h1-11,14H,12-13,15,29H2,(H,30,35)(H,31,32,34). The van der Waals surface area contributed by atoms with Crippen LogP contribution in [-0.4, -0.2) is 42.6 Å². The van der Waals surface area contributed by atoms with Crippen LogP contribution in [0.1, 0.15) is 10.4 Å². The van der Waals surface area contributed by atoms with Gasteiger partial charge in [0.15, 0.2) is 16.6 Å². The summed E-state index contributed by atoms with van der Waals surface area (Å²) in [5.41, 5.74) is 7.90. The number of nitrogens with one attached hydrogen (secondary N) is 2. The van der Waals surface area contributed by atoms with Crippen molar-refractivity contribution < 1.29 is 28.2 Å². The lowest BCUT2D eigenvalue weighted by Crippen LogP contribution is -2.38. The zero-order valence-electron chi connectivity index (χ0n) is 20.3. The molecule has 12 heteroatoms. The van der Waals surface area contributed by atoms with E-state index in [-0.39, 0.29) is 31.4 Å². The highest BCUT2D eigenvalue weighted by Gasteiger charge is 2.24. The van der Waals surface area contributed by atoms with Crippen LogP contribution in [0.15, 0.2) is 72.1 Å². The van der Waals surface area contributed by atoms with Crippen LogP contribution in [0.3, 0.4) is 0 Å². The topological polar surface area (TPSA) is 136 Å². The van der Waals surface area contributed by atoms with Gasteiger partial charge in [-0.2, -0.15) is 0 Å². The molecule has 0 bridgehead atoms. The van der Waals surface area contributed by atoms with E-state index in [0.29, 0.717) is 33.7 Å². The Morgan fingerprint density at radius 3 is 2.44 bits per heavy atom. The molecule has 1 aliphatic heterocycles. The Morgan fingerprint density at radius 2 is 1.69 bits per heavy atom. The highest BCUT2D eigenvalue weighted by atomic mass is 32.1. The predicted octanol–water partition coefficient (Wildman–Crippen LogP) is 3.86. The molecule has 0 unspecified atom stereocenters. The molecule has 2 heterocycles. The second-order valence-corrected chi connectivity index (χ2v) is 9.21. The van der Waals surface area contributed by atoms with Gasteiger partial charge in [-0.15, -0.1) is 11.3 Å². The molecule has 0 spiro atoms. The van der Waals surface area contributed by atoms with Crippen LogP contribution >= 0.6 is 11.3 Å². The largest absolute Gasteiger partial charge is 0.454 e. The third-order valence-electron chi connectivity index (χ3n) is 5.71. The van der Waals surface area contributed by atoms with E-state index >= 15 is 0 Å². The predicted molar refractivity (Wildman–Crippen MR) is 145 cm³/mol. The third kappa shape index (κ3) is 6.03. The maximum atomic E-state index is 13.4. The number of halogens is 1. The second-order valence-electron chi connectivity index (χ2n) is 8.35. The summed E-state index contributed by atoms with van der Waals surface area (Å²) in [6, 6.07) is 17.0. The number of thiazole rings is 1. The summed E-state index contributed by atoms with van der Waals surface area (Å²) >= 11 is 1.27. The van der Waals surface area contributed by atoms with Gasteiger partial charge in [0.1, 0.15) is 12.4 Å². The molecule has 3 amide bonds. The van der Waals surface area contributed by atoms with Crippen molar-refractivity contribution in [1.82, 2.24) is 4.98 Å². The molecule has 0 atom stereocenters. The number of rotatable bonds is 8. The number of amides is 3. The van der Waals surface area contributed by atoms with Crippen LogP contribution in [-0.2, 0) is 9.59 Å². The SMILES string of the molecule is NCC(=O)Nc1nc(-c2ccc(NC(=O)CN(C(=O)c3ccc(F)cc3)c3ccc4c(c3)OCO4)cc2)cs1. The van der Waals surface area contributed by atoms with Gasteiger partial charge < -0.3 is 25.8 Å². The van der Waals surface area contributed by atoms with Gasteiger partial charge in [-0.1, -0.05) is 12.1 Å². The Balaban J connectivity index is 1.31. The van der Waals surface area contributed by atoms with E-state index in [2.05, 4.69) is 15.6 Å². The lowest BCUT2D eigenvalue weighted by atomic mass is 10.1. The maximum Gasteiger partial charge on any atom is 0.258 e. The number of benzene rings is 3. The average molecular weight is 548 g/mol. The number of nitrogens with zero attached hydrogens (tertiary/aromatic N) is 2. The van der Waals surface area contributed by atoms with Gasteiger partial charge in [-0.3, -0.25) is 19.3 Å². The van der Waals surface area contributed by atoms with Gasteiger partial charge in [0, 0.05) is 33.9 Å². The number of fused-ring (bicyclic) bond motifs is 1. The lowest BCUT2D eigenvalue weighted by molar-refractivity contribution is -0.115. The minimum atomic E-state index is -0.486. The van der Waals surface area contributed by atoms with E-state index in [4.69, 9.17) is 15.2 Å². The fourth-order valence-electron chi connectivity index (χ4n) is 3.78. The second kappa shape index (κ2) is 11.3. The van der Waals surface area contributed by atoms with Gasteiger partial charge in [0.05, 0.1) is 12.2 Å². The van der Waals surface area contributed by atoms with Gasteiger partial charge in [0.2, 0.25) is 18.6 Å². The van der Waals surface area contributed by atoms with E-state index in [9.17, 15) is 18.8 Å². The first-order valence-electron chi connectivity index (χ1n) is 11.7. The van der Waals surface area contributed by atoms with Crippen LogP contribution in [0, 0.1) is 5.82 Å². The quantitative estimate of drug-likeness (QED) is 0.305. The fraction of sp³-hybridized carbons (Fsp3) is 0.111. The molecule has 0 fully saturated rings. The lowest BCUT2D eigenvalue weighted by Gasteiger charge is -2.23. The number of carbonyl (C=O) groups is 3. The van der Waals surface area contributed by atoms with E-state index < -0.39 is 17.6 Å². The van der Waals surface area contributed by atoms with Crippen LogP contribution in [0.2, 0.25) is 0 Å². The molecule has 0 radical (unpaired) electrons. The summed E-state index contributed by atoms with van der Waals surface area (Å²) in [6.45, 7) is -0.384. The molecule has 4 N–H and O–H groups in total. The van der Waals surface area contributed by atoms with Crippen LogP contribution in [0.25, 0.3) is 11.3 Å². The van der Waals surface area contributed by atoms with E-state index in [1.165, 1.54) is 40.5 Å². The molecule has 3 aromatic carbocycles. The third-order valence-corrected chi connectivity index (χ3v) is 6.46. The van der Waals surface area contributed by atoms with Crippen molar-refractivity contribution in [3.8, 4) is 22.8 Å². The molecule has 1 aromatic heterocycles. The first-order valence-corrected chi connectivity index (χ1v) is 12.6. The van der Waals surface area contributed by atoms with Crippen LogP contribution in [0.4, 0.5) is 20.9 Å². The summed E-state index contributed by atoms with van der Waals surface area (Å²) in [5, 5.41) is 7.63. The van der Waals surface area contributed by atoms with E-state index in [0.717, 1.165) is 5.56 Å². The number of anilines is 3. The van der Waals surface area contributed by atoms with Crippen molar-refractivity contribution in [1.29, 1.82) is 0 Å². The van der Waals surface area contributed by atoms with Gasteiger partial charge in [-0.05, 0) is 48.5 Å². The Hall–Kier alpha value is -4.81. The summed E-state index contributed by atoms with van der Waals surface area (Å²) in [7, 11) is 0. The molecule has 0 aliphatic carbocycles. The monoisotopic (exact) mass is 547 g/mol. The highest BCUT2D eigenvalue weighted by molar-refractivity contribution is 7.14. The van der Waals surface area contributed by atoms with Crippen molar-refractivity contribution in [2.45, 2.75) is 0 Å². The molecule has 5 rings (SSSR count). The minimum Gasteiger partial charge on any atom is -0.454 e. The highest BCUT2D eigenvalue weighted by Crippen LogP contribution is 2.36. The molecule has 1 aliphatic rings. The molecule has 0 saturated carbocycles. The van der Waals surface area contributed by atoms with Crippen molar-refractivity contribution in [2.75, 3.05) is 35.4 Å². The minimum absolute atomic E-state index is 0.0612. The van der Waals surface area contributed by atoms with Gasteiger partial charge >= 0.3 is 0 Å². The van der Waals surface area contributed by atoms with Gasteiger partial charge in [-0.25, -0.2) is 9.37 Å². The summed E-state index contributed by atoms with van der Waals surface area (Å²) in [5.74, 6) is -0.755. The number of hydrogen-bond donors (Lipinski definition) is 3. The first kappa shape index (κ1) is 25.8. The molecule has 39 heavy (non-hydrogen) atoms. The summed E-state index contributed by atoms with van der Waals surface area (Å²) in [4.78, 5) is 43.5. The zero-order valence-corrected chi connectivity index (χ0v) is 21.2. The van der Waals surface area contributed by atoms with Crippen LogP contribution in [0.5, 0.6) is 11.5 Å². The number of nitrogens with two attached hydrogens (primary N) is 1. The fourth-order valence-corrected chi connectivity index (χ4v) is 4.52. The summed E-state index contributed by atoms with van der Waals surface area (Å²) < 4.78 is 24.2. The average Bonchev–Trinajstić information content (AvgIpc) is 3.61. The summed E-state index contributed by atoms with van der Waals surface area (Å²) in [6.07, 6.45) is 0. The van der Waals surface area contributed by atoms with Crippen molar-refractivity contribution in [2.24, 2.45) is 5.73 Å². The van der Waals surface area contributed by atoms with Crippen molar-refractivity contribution >= 4 is 45.6 Å². The smallest absolute Gasteiger partial charge is 0.258 e. The Labute approximate surface area is 226 Å². The Morgan fingerprint density at radius 1 is 0.949 bits per heavy atom. The maximum absolute atomic E-state index is 13.4. The molecule has 198 valence electrons. The molecular weight excluding hydrogens is 525 g/mol. The molecule has 10 nitrogen and oxygen atoms in total. The van der Waals surface area contributed by atoms with E-state index in [1.54, 1.807) is 47.8 Å². The van der Waals surface area contributed by atoms with Crippen molar-refractivity contribution in [3.63, 3.8) is 0 Å². The molecule has 0 saturated heterocycles. The van der Waals surface area contributed by atoms with E-state index in [1.807, 2.05) is 0 Å². The Bertz CT molecular complexity index is 1520. The normalized spacial score (nSPS) is 11.6. The molecule has 4 aromatic rings. The zero-order chi connectivity index (χ0) is 27.4. The van der Waals surface area contributed by atoms with Crippen molar-refractivity contribution in [3.05, 3.63) is 83.5 Å². The number of hydrogen-bond acceptors (Lipinski definition) is 8. The first-order chi connectivity index (χ1) is 18.9. The Kier molecular flexibility index (Phi) is 7.48. The number of aromatic nitrogens is 1. The van der Waals surface area contributed by atoms with Crippen LogP contribution < -0.4 is 30.7 Å². The van der Waals surface area contributed by atoms with Gasteiger partial charge in [0.25, 0.3) is 5.91 Å². The number of ether oxygens (including phenoxy) is 2.